The lowest BCUT2D eigenvalue weighted by molar-refractivity contribution is -0.384. The van der Waals surface area contributed by atoms with Crippen LogP contribution in [0.25, 0.3) is 0 Å². The van der Waals surface area contributed by atoms with Crippen molar-refractivity contribution in [3.8, 4) is 0 Å². The molecular weight excluding hydrogens is 406 g/mol. The Hall–Kier alpha value is -2.49. The van der Waals surface area contributed by atoms with E-state index in [9.17, 15) is 18.5 Å². The number of nitrogens with one attached hydrogen (secondary N) is 1. The van der Waals surface area contributed by atoms with Gasteiger partial charge in [-0.3, -0.25) is 10.1 Å². The Morgan fingerprint density at radius 3 is 2.40 bits per heavy atom. The predicted molar refractivity (Wildman–Crippen MR) is 113 cm³/mol. The molecule has 1 heterocycles. The molecule has 4 rings (SSSR count). The Morgan fingerprint density at radius 2 is 1.80 bits per heavy atom. The summed E-state index contributed by atoms with van der Waals surface area (Å²) >= 11 is 0. The lowest BCUT2D eigenvalue weighted by Crippen LogP contribution is -2.40. The Bertz CT molecular complexity index is 1000. The molecule has 0 spiro atoms. The van der Waals surface area contributed by atoms with E-state index in [-0.39, 0.29) is 29.7 Å². The van der Waals surface area contributed by atoms with E-state index in [2.05, 4.69) is 5.32 Å². The molecule has 2 aromatic carbocycles. The number of morpholine rings is 1. The first kappa shape index (κ1) is 20.8. The molecule has 1 saturated heterocycles. The molecule has 0 bridgehead atoms. The van der Waals surface area contributed by atoms with Crippen LogP contribution in [0.5, 0.6) is 0 Å². The second-order valence-corrected chi connectivity index (χ2v) is 9.61. The molecule has 2 aliphatic rings. The maximum atomic E-state index is 12.9. The van der Waals surface area contributed by atoms with Gasteiger partial charge in [0.1, 0.15) is 5.69 Å². The van der Waals surface area contributed by atoms with Gasteiger partial charge >= 0.3 is 0 Å². The highest BCUT2D eigenvalue weighted by Gasteiger charge is 2.32. The van der Waals surface area contributed by atoms with Crippen molar-refractivity contribution in [1.82, 2.24) is 4.31 Å². The Balaban J connectivity index is 1.65. The predicted octanol–water partition coefficient (Wildman–Crippen LogP) is 3.57. The molecule has 2 fully saturated rings. The first-order valence-electron chi connectivity index (χ1n) is 10.1. The van der Waals surface area contributed by atoms with Gasteiger partial charge in [-0.05, 0) is 36.5 Å². The van der Waals surface area contributed by atoms with E-state index in [1.807, 2.05) is 30.3 Å². The summed E-state index contributed by atoms with van der Waals surface area (Å²) in [6, 6.07) is 13.9. The van der Waals surface area contributed by atoms with E-state index in [1.54, 1.807) is 0 Å². The normalized spacial score (nSPS) is 19.1. The number of sulfonamides is 1. The molecule has 0 aromatic heterocycles. The number of nitro benzene ring substituents is 1. The summed E-state index contributed by atoms with van der Waals surface area (Å²) in [6.45, 7) is 1.13. The molecule has 0 amide bonds. The molecule has 2 aromatic rings. The topological polar surface area (TPSA) is 102 Å². The van der Waals surface area contributed by atoms with Crippen molar-refractivity contribution in [2.45, 2.75) is 30.2 Å². The van der Waals surface area contributed by atoms with E-state index < -0.39 is 14.9 Å². The third kappa shape index (κ3) is 4.19. The minimum Gasteiger partial charge on any atom is -0.379 e. The highest BCUT2D eigenvalue weighted by Crippen LogP contribution is 2.41. The average Bonchev–Trinajstić information content (AvgIpc) is 2.73. The third-order valence-corrected chi connectivity index (χ3v) is 7.76. The summed E-state index contributed by atoms with van der Waals surface area (Å²) < 4.78 is 32.3. The average molecular weight is 432 g/mol. The van der Waals surface area contributed by atoms with Gasteiger partial charge in [0, 0.05) is 19.2 Å². The van der Waals surface area contributed by atoms with Crippen molar-refractivity contribution in [2.75, 3.05) is 31.6 Å². The molecule has 0 radical (unpaired) electrons. The highest BCUT2D eigenvalue weighted by atomic mass is 32.2. The van der Waals surface area contributed by atoms with Crippen LogP contribution in [0.15, 0.2) is 53.4 Å². The van der Waals surface area contributed by atoms with Crippen molar-refractivity contribution in [1.29, 1.82) is 0 Å². The summed E-state index contributed by atoms with van der Waals surface area (Å²) in [5.41, 5.74) is 1.17. The van der Waals surface area contributed by atoms with Crippen LogP contribution in [-0.4, -0.2) is 43.9 Å². The largest absolute Gasteiger partial charge is 0.379 e. The maximum absolute atomic E-state index is 12.9. The fourth-order valence-corrected chi connectivity index (χ4v) is 5.38. The van der Waals surface area contributed by atoms with Gasteiger partial charge in [0.15, 0.2) is 0 Å². The zero-order chi connectivity index (χ0) is 21.1. The van der Waals surface area contributed by atoms with Gasteiger partial charge in [-0.15, -0.1) is 0 Å². The Morgan fingerprint density at radius 1 is 1.10 bits per heavy atom. The standard InChI is InChI=1S/C21H25N3O5S/c25-24(26)20-15-18(30(27,28)23-11-13-29-14-12-23)9-10-19(20)22-21(17-7-4-8-17)16-5-2-1-3-6-16/h1-3,5-6,9-10,15,17,21-22H,4,7-8,11-14H2. The molecule has 160 valence electrons. The van der Waals surface area contributed by atoms with Crippen LogP contribution in [0.1, 0.15) is 30.9 Å². The van der Waals surface area contributed by atoms with Crippen molar-refractivity contribution in [2.24, 2.45) is 5.92 Å². The number of ether oxygens (including phenoxy) is 1. The Labute approximate surface area is 176 Å². The number of nitrogens with zero attached hydrogens (tertiary/aromatic N) is 2. The van der Waals surface area contributed by atoms with Crippen molar-refractivity contribution in [3.63, 3.8) is 0 Å². The first-order chi connectivity index (χ1) is 14.5. The summed E-state index contributed by atoms with van der Waals surface area (Å²) in [5, 5.41) is 15.1. The maximum Gasteiger partial charge on any atom is 0.293 e. The van der Waals surface area contributed by atoms with Gasteiger partial charge in [-0.25, -0.2) is 8.42 Å². The fourth-order valence-electron chi connectivity index (χ4n) is 3.96. The van der Waals surface area contributed by atoms with Crippen LogP contribution in [0.4, 0.5) is 11.4 Å². The molecule has 8 nitrogen and oxygen atoms in total. The van der Waals surface area contributed by atoms with E-state index >= 15 is 0 Å². The third-order valence-electron chi connectivity index (χ3n) is 5.86. The highest BCUT2D eigenvalue weighted by molar-refractivity contribution is 7.89. The van der Waals surface area contributed by atoms with Gasteiger partial charge in [0.25, 0.3) is 5.69 Å². The molecule has 30 heavy (non-hydrogen) atoms. The van der Waals surface area contributed by atoms with E-state index in [4.69, 9.17) is 4.74 Å². The molecule has 1 saturated carbocycles. The number of rotatable bonds is 7. The molecular formula is C21H25N3O5S. The number of hydrogen-bond acceptors (Lipinski definition) is 6. The summed E-state index contributed by atoms with van der Waals surface area (Å²) in [6.07, 6.45) is 3.27. The van der Waals surface area contributed by atoms with Crippen molar-refractivity contribution in [3.05, 3.63) is 64.2 Å². The number of nitro groups is 1. The van der Waals surface area contributed by atoms with Gasteiger partial charge in [-0.2, -0.15) is 4.31 Å². The minimum absolute atomic E-state index is 0.0552. The van der Waals surface area contributed by atoms with Gasteiger partial charge in [0.2, 0.25) is 10.0 Å². The van der Waals surface area contributed by atoms with Crippen LogP contribution in [0.3, 0.4) is 0 Å². The number of anilines is 1. The van der Waals surface area contributed by atoms with Crippen LogP contribution in [0, 0.1) is 16.0 Å². The van der Waals surface area contributed by atoms with Gasteiger partial charge in [-0.1, -0.05) is 36.8 Å². The molecule has 9 heteroatoms. The van der Waals surface area contributed by atoms with Crippen LogP contribution in [0.2, 0.25) is 0 Å². The van der Waals surface area contributed by atoms with Gasteiger partial charge < -0.3 is 10.1 Å². The van der Waals surface area contributed by atoms with Crippen LogP contribution in [-0.2, 0) is 14.8 Å². The van der Waals surface area contributed by atoms with Crippen LogP contribution >= 0.6 is 0 Å². The van der Waals surface area contributed by atoms with Crippen LogP contribution < -0.4 is 5.32 Å². The van der Waals surface area contributed by atoms with E-state index in [0.717, 1.165) is 30.9 Å². The lowest BCUT2D eigenvalue weighted by atomic mass is 9.77. The first-order valence-corrected chi connectivity index (χ1v) is 11.6. The van der Waals surface area contributed by atoms with Crippen molar-refractivity contribution >= 4 is 21.4 Å². The monoisotopic (exact) mass is 431 g/mol. The Kier molecular flexibility index (Phi) is 6.03. The van der Waals surface area contributed by atoms with Gasteiger partial charge in [0.05, 0.1) is 29.1 Å². The zero-order valence-electron chi connectivity index (χ0n) is 16.6. The zero-order valence-corrected chi connectivity index (χ0v) is 17.4. The second-order valence-electron chi connectivity index (χ2n) is 7.68. The number of hydrogen-bond donors (Lipinski definition) is 1. The summed E-state index contributed by atoms with van der Waals surface area (Å²) in [4.78, 5) is 11.2. The lowest BCUT2D eigenvalue weighted by Gasteiger charge is -2.35. The fraction of sp³-hybridized carbons (Fsp3) is 0.429. The quantitative estimate of drug-likeness (QED) is 0.531. The van der Waals surface area contributed by atoms with Crippen molar-refractivity contribution < 1.29 is 18.1 Å². The SMILES string of the molecule is O=[N+]([O-])c1cc(S(=O)(=O)N2CCOCC2)ccc1NC(c1ccccc1)C1CCC1. The molecule has 1 atom stereocenters. The van der Waals surface area contributed by atoms with E-state index in [0.29, 0.717) is 24.8 Å². The molecule has 1 unspecified atom stereocenters. The summed E-state index contributed by atoms with van der Waals surface area (Å²) in [5.74, 6) is 0.392. The minimum atomic E-state index is -3.80. The summed E-state index contributed by atoms with van der Waals surface area (Å²) in [7, 11) is -3.80. The second kappa shape index (κ2) is 8.71. The molecule has 1 N–H and O–H groups in total. The smallest absolute Gasteiger partial charge is 0.293 e. The molecule has 1 aliphatic carbocycles. The van der Waals surface area contributed by atoms with E-state index in [1.165, 1.54) is 16.4 Å². The number of benzene rings is 2. The molecule has 1 aliphatic heterocycles.